The monoisotopic (exact) mass is 253 g/mol. The van der Waals surface area contributed by atoms with Crippen LogP contribution in [0.2, 0.25) is 0 Å². The average molecular weight is 253 g/mol. The summed E-state index contributed by atoms with van der Waals surface area (Å²) in [5.74, 6) is 1.26. The molecule has 0 aromatic carbocycles. The molecule has 0 heterocycles. The van der Waals surface area contributed by atoms with Crippen molar-refractivity contribution in [1.82, 2.24) is 0 Å². The Morgan fingerprint density at radius 1 is 1.11 bits per heavy atom. The molecule has 2 nitrogen and oxygen atoms in total. The third kappa shape index (κ3) is 2.12. The lowest BCUT2D eigenvalue weighted by Crippen LogP contribution is -2.56. The largest absolute Gasteiger partial charge is 0.389 e. The number of rotatable bonds is 4. The highest BCUT2D eigenvalue weighted by Gasteiger charge is 2.56. The van der Waals surface area contributed by atoms with E-state index < -0.39 is 5.60 Å². The number of aliphatic hydroxyl groups is 1. The molecule has 2 heteroatoms. The van der Waals surface area contributed by atoms with Gasteiger partial charge < -0.3 is 10.8 Å². The van der Waals surface area contributed by atoms with E-state index in [-0.39, 0.29) is 5.41 Å². The van der Waals surface area contributed by atoms with E-state index in [1.165, 1.54) is 32.1 Å². The van der Waals surface area contributed by atoms with Gasteiger partial charge in [0.15, 0.2) is 0 Å². The minimum atomic E-state index is -0.468. The topological polar surface area (TPSA) is 46.2 Å². The van der Waals surface area contributed by atoms with E-state index in [4.69, 9.17) is 5.73 Å². The lowest BCUT2D eigenvalue weighted by molar-refractivity contribution is -0.134. The van der Waals surface area contributed by atoms with Gasteiger partial charge >= 0.3 is 0 Å². The predicted octanol–water partition coefficient (Wildman–Crippen LogP) is 3.47. The van der Waals surface area contributed by atoms with Crippen LogP contribution >= 0.6 is 0 Å². The van der Waals surface area contributed by atoms with Crippen molar-refractivity contribution in [2.24, 2.45) is 23.0 Å². The minimum Gasteiger partial charge on any atom is -0.389 e. The first-order valence-corrected chi connectivity index (χ1v) is 8.04. The van der Waals surface area contributed by atoms with E-state index >= 15 is 0 Å². The van der Waals surface area contributed by atoms with E-state index in [0.717, 1.165) is 31.6 Å². The highest BCUT2D eigenvalue weighted by atomic mass is 16.3. The molecule has 4 unspecified atom stereocenters. The maximum absolute atomic E-state index is 11.4. The Kier molecular flexibility index (Phi) is 4.38. The van der Waals surface area contributed by atoms with Crippen LogP contribution in [0.3, 0.4) is 0 Å². The summed E-state index contributed by atoms with van der Waals surface area (Å²) >= 11 is 0. The molecule has 4 atom stereocenters. The molecule has 106 valence electrons. The van der Waals surface area contributed by atoms with Crippen molar-refractivity contribution < 1.29 is 5.11 Å². The summed E-state index contributed by atoms with van der Waals surface area (Å²) in [7, 11) is 0. The van der Waals surface area contributed by atoms with Gasteiger partial charge in [0.05, 0.1) is 5.60 Å². The van der Waals surface area contributed by atoms with Gasteiger partial charge in [0.25, 0.3) is 0 Å². The Morgan fingerprint density at radius 3 is 2.44 bits per heavy atom. The smallest absolute Gasteiger partial charge is 0.0743 e. The SMILES string of the molecule is CCC1CCCC(CN)(C2(O)CCCC2CC)C1. The standard InChI is InChI=1S/C16H31NO/c1-3-13-7-5-9-15(11-13,12-17)16(18)10-6-8-14(16)4-2/h13-14,18H,3-12,17H2,1-2H3. The maximum Gasteiger partial charge on any atom is 0.0743 e. The van der Waals surface area contributed by atoms with Crippen LogP contribution in [-0.2, 0) is 0 Å². The molecule has 0 saturated heterocycles. The van der Waals surface area contributed by atoms with Gasteiger partial charge in [-0.1, -0.05) is 46.0 Å². The molecule has 2 aliphatic carbocycles. The third-order valence-electron chi connectivity index (χ3n) is 6.11. The lowest BCUT2D eigenvalue weighted by Gasteiger charge is -2.52. The Morgan fingerprint density at radius 2 is 1.83 bits per heavy atom. The van der Waals surface area contributed by atoms with Crippen LogP contribution in [-0.4, -0.2) is 17.3 Å². The van der Waals surface area contributed by atoms with Gasteiger partial charge in [-0.15, -0.1) is 0 Å². The molecule has 0 spiro atoms. The van der Waals surface area contributed by atoms with Crippen LogP contribution in [0.5, 0.6) is 0 Å². The Hall–Kier alpha value is -0.0800. The second kappa shape index (κ2) is 5.50. The first-order chi connectivity index (χ1) is 8.62. The molecule has 2 aliphatic rings. The Labute approximate surface area is 112 Å². The fraction of sp³-hybridized carbons (Fsp3) is 1.00. The van der Waals surface area contributed by atoms with Crippen LogP contribution in [0.1, 0.15) is 71.6 Å². The third-order valence-corrected chi connectivity index (χ3v) is 6.11. The van der Waals surface area contributed by atoms with E-state index in [1.807, 2.05) is 0 Å². The van der Waals surface area contributed by atoms with Gasteiger partial charge in [0.2, 0.25) is 0 Å². The highest BCUT2D eigenvalue weighted by Crippen LogP contribution is 2.56. The molecular formula is C16H31NO. The molecule has 2 rings (SSSR count). The van der Waals surface area contributed by atoms with Crippen LogP contribution in [0, 0.1) is 17.3 Å². The van der Waals surface area contributed by atoms with Crippen LogP contribution in [0.15, 0.2) is 0 Å². The lowest BCUT2D eigenvalue weighted by atomic mass is 9.57. The Bertz CT molecular complexity index is 280. The van der Waals surface area contributed by atoms with Crippen molar-refractivity contribution >= 4 is 0 Å². The number of hydrogen-bond acceptors (Lipinski definition) is 2. The maximum atomic E-state index is 11.4. The normalized spacial score (nSPS) is 45.3. The van der Waals surface area contributed by atoms with Crippen LogP contribution in [0.25, 0.3) is 0 Å². The van der Waals surface area contributed by atoms with Crippen molar-refractivity contribution in [3.63, 3.8) is 0 Å². The zero-order chi connectivity index (χ0) is 13.2. The molecule has 0 aromatic heterocycles. The second-order valence-corrected chi connectivity index (χ2v) is 6.78. The number of nitrogens with two attached hydrogens (primary N) is 1. The van der Waals surface area contributed by atoms with Crippen molar-refractivity contribution in [2.75, 3.05) is 6.54 Å². The van der Waals surface area contributed by atoms with E-state index in [2.05, 4.69) is 13.8 Å². The zero-order valence-electron chi connectivity index (χ0n) is 12.3. The fourth-order valence-electron chi connectivity index (χ4n) is 4.89. The predicted molar refractivity (Wildman–Crippen MR) is 76.3 cm³/mol. The number of hydrogen-bond donors (Lipinski definition) is 2. The van der Waals surface area contributed by atoms with Gasteiger partial charge in [-0.2, -0.15) is 0 Å². The molecule has 0 amide bonds. The summed E-state index contributed by atoms with van der Waals surface area (Å²) in [6.07, 6.45) is 10.6. The van der Waals surface area contributed by atoms with E-state index in [9.17, 15) is 5.11 Å². The molecule has 0 radical (unpaired) electrons. The summed E-state index contributed by atoms with van der Waals surface area (Å²) in [6.45, 7) is 5.19. The molecule has 0 aromatic rings. The quantitative estimate of drug-likeness (QED) is 0.806. The summed E-state index contributed by atoms with van der Waals surface area (Å²) in [6, 6.07) is 0. The van der Waals surface area contributed by atoms with Crippen molar-refractivity contribution in [3.05, 3.63) is 0 Å². The molecule has 2 fully saturated rings. The first-order valence-electron chi connectivity index (χ1n) is 8.04. The fourth-order valence-corrected chi connectivity index (χ4v) is 4.89. The van der Waals surface area contributed by atoms with E-state index in [0.29, 0.717) is 12.5 Å². The molecule has 18 heavy (non-hydrogen) atoms. The molecular weight excluding hydrogens is 222 g/mol. The van der Waals surface area contributed by atoms with Gasteiger partial charge in [-0.05, 0) is 37.5 Å². The summed E-state index contributed by atoms with van der Waals surface area (Å²) in [5, 5.41) is 11.4. The summed E-state index contributed by atoms with van der Waals surface area (Å²) in [4.78, 5) is 0. The highest BCUT2D eigenvalue weighted by molar-refractivity contribution is 5.07. The van der Waals surface area contributed by atoms with Crippen molar-refractivity contribution in [2.45, 2.75) is 77.2 Å². The van der Waals surface area contributed by atoms with Crippen molar-refractivity contribution in [1.29, 1.82) is 0 Å². The van der Waals surface area contributed by atoms with Crippen molar-refractivity contribution in [3.8, 4) is 0 Å². The first kappa shape index (κ1) is 14.3. The minimum absolute atomic E-state index is 0.0170. The molecule has 2 saturated carbocycles. The van der Waals surface area contributed by atoms with Gasteiger partial charge in [0, 0.05) is 12.0 Å². The molecule has 3 N–H and O–H groups in total. The van der Waals surface area contributed by atoms with Crippen LogP contribution in [0.4, 0.5) is 0 Å². The van der Waals surface area contributed by atoms with Crippen LogP contribution < -0.4 is 5.73 Å². The van der Waals surface area contributed by atoms with Gasteiger partial charge in [0.1, 0.15) is 0 Å². The summed E-state index contributed by atoms with van der Waals surface area (Å²) in [5.41, 5.74) is 5.73. The Balaban J connectivity index is 2.25. The summed E-state index contributed by atoms with van der Waals surface area (Å²) < 4.78 is 0. The van der Waals surface area contributed by atoms with Gasteiger partial charge in [-0.3, -0.25) is 0 Å². The second-order valence-electron chi connectivity index (χ2n) is 6.78. The average Bonchev–Trinajstić information content (AvgIpc) is 2.81. The molecule has 0 bridgehead atoms. The molecule has 0 aliphatic heterocycles. The van der Waals surface area contributed by atoms with Gasteiger partial charge in [-0.25, -0.2) is 0 Å². The van der Waals surface area contributed by atoms with E-state index in [1.54, 1.807) is 0 Å². The zero-order valence-corrected chi connectivity index (χ0v) is 12.3.